The normalized spacial score (nSPS) is 11.8. The molecular formula is C14H19BrN2O4. The second kappa shape index (κ2) is 9.49. The monoisotopic (exact) mass is 358 g/mol. The molecule has 3 N–H and O–H groups in total. The molecule has 0 saturated heterocycles. The molecule has 0 aliphatic rings. The van der Waals surface area contributed by atoms with Crippen molar-refractivity contribution in [3.05, 3.63) is 34.3 Å². The number of aliphatic hydroxyl groups is 1. The second-order valence-electron chi connectivity index (χ2n) is 4.42. The van der Waals surface area contributed by atoms with Crippen LogP contribution in [0.3, 0.4) is 0 Å². The molecule has 6 nitrogen and oxygen atoms in total. The first kappa shape index (κ1) is 17.6. The Bertz CT molecular complexity index is 459. The molecule has 0 radical (unpaired) electrons. The molecule has 0 aliphatic heterocycles. The lowest BCUT2D eigenvalue weighted by molar-refractivity contribution is -0.121. The zero-order chi connectivity index (χ0) is 15.7. The minimum absolute atomic E-state index is 0.0421. The van der Waals surface area contributed by atoms with Crippen molar-refractivity contribution < 1.29 is 19.4 Å². The van der Waals surface area contributed by atoms with Crippen molar-refractivity contribution in [3.8, 4) is 0 Å². The molecule has 1 atom stereocenters. The molecule has 0 spiro atoms. The standard InChI is InChI=1S/C14H19BrN2O4/c1-21-9-12(6-7-18)17-13(19)8-16-14(20)10-2-4-11(15)5-3-10/h2-5,12,18H,6-9H2,1H3,(H,16,20)(H,17,19). The predicted octanol–water partition coefficient (Wildman–Crippen LogP) is 0.692. The average molecular weight is 359 g/mol. The van der Waals surface area contributed by atoms with Gasteiger partial charge in [-0.3, -0.25) is 9.59 Å². The van der Waals surface area contributed by atoms with Crippen LogP contribution in [0.2, 0.25) is 0 Å². The minimum atomic E-state index is -0.323. The number of ether oxygens (including phenoxy) is 1. The fraction of sp³-hybridized carbons (Fsp3) is 0.429. The highest BCUT2D eigenvalue weighted by Crippen LogP contribution is 2.10. The second-order valence-corrected chi connectivity index (χ2v) is 5.34. The van der Waals surface area contributed by atoms with Crippen molar-refractivity contribution >= 4 is 27.7 Å². The van der Waals surface area contributed by atoms with E-state index in [-0.39, 0.29) is 31.0 Å². The Labute approximate surface area is 132 Å². The molecule has 0 heterocycles. The van der Waals surface area contributed by atoms with E-state index in [9.17, 15) is 9.59 Å². The van der Waals surface area contributed by atoms with Gasteiger partial charge >= 0.3 is 0 Å². The van der Waals surface area contributed by atoms with E-state index >= 15 is 0 Å². The molecule has 0 saturated carbocycles. The van der Waals surface area contributed by atoms with Crippen LogP contribution >= 0.6 is 15.9 Å². The number of nitrogens with one attached hydrogen (secondary N) is 2. The SMILES string of the molecule is COCC(CCO)NC(=O)CNC(=O)c1ccc(Br)cc1. The van der Waals surface area contributed by atoms with Crippen LogP contribution < -0.4 is 10.6 Å². The number of aliphatic hydroxyl groups excluding tert-OH is 1. The van der Waals surface area contributed by atoms with E-state index in [0.717, 1.165) is 4.47 Å². The summed E-state index contributed by atoms with van der Waals surface area (Å²) >= 11 is 3.29. The van der Waals surface area contributed by atoms with Gasteiger partial charge in [-0.05, 0) is 30.7 Å². The lowest BCUT2D eigenvalue weighted by Gasteiger charge is -2.17. The lowest BCUT2D eigenvalue weighted by atomic mass is 10.2. The first-order valence-electron chi connectivity index (χ1n) is 6.49. The summed E-state index contributed by atoms with van der Waals surface area (Å²) in [6.07, 6.45) is 0.403. The van der Waals surface area contributed by atoms with Gasteiger partial charge in [0.05, 0.1) is 19.2 Å². The fourth-order valence-corrected chi connectivity index (χ4v) is 1.96. The Hall–Kier alpha value is -1.44. The molecule has 0 bridgehead atoms. The number of carbonyl (C=O) groups excluding carboxylic acids is 2. The third-order valence-electron chi connectivity index (χ3n) is 2.73. The van der Waals surface area contributed by atoms with Crippen LogP contribution in [-0.4, -0.2) is 49.8 Å². The van der Waals surface area contributed by atoms with Gasteiger partial charge in [0.15, 0.2) is 0 Å². The van der Waals surface area contributed by atoms with Crippen LogP contribution in [0.1, 0.15) is 16.8 Å². The minimum Gasteiger partial charge on any atom is -0.396 e. The van der Waals surface area contributed by atoms with Gasteiger partial charge in [-0.25, -0.2) is 0 Å². The molecule has 116 valence electrons. The van der Waals surface area contributed by atoms with Crippen molar-refractivity contribution in [1.29, 1.82) is 0 Å². The fourth-order valence-electron chi connectivity index (χ4n) is 1.70. The Morgan fingerprint density at radius 2 is 2.00 bits per heavy atom. The molecule has 2 amide bonds. The van der Waals surface area contributed by atoms with Crippen LogP contribution in [0.4, 0.5) is 0 Å². The maximum Gasteiger partial charge on any atom is 0.251 e. The Kier molecular flexibility index (Phi) is 7.96. The Morgan fingerprint density at radius 3 is 2.57 bits per heavy atom. The number of halogens is 1. The number of carbonyl (C=O) groups is 2. The van der Waals surface area contributed by atoms with E-state index in [2.05, 4.69) is 26.6 Å². The van der Waals surface area contributed by atoms with Crippen molar-refractivity contribution in [2.24, 2.45) is 0 Å². The average Bonchev–Trinajstić information content (AvgIpc) is 2.46. The summed E-state index contributed by atoms with van der Waals surface area (Å²) in [5, 5.41) is 14.1. The van der Waals surface area contributed by atoms with E-state index in [1.165, 1.54) is 7.11 Å². The summed E-state index contributed by atoms with van der Waals surface area (Å²) in [4.78, 5) is 23.5. The number of hydrogen-bond donors (Lipinski definition) is 3. The van der Waals surface area contributed by atoms with Gasteiger partial charge in [0.25, 0.3) is 5.91 Å². The van der Waals surface area contributed by atoms with Crippen LogP contribution in [0.15, 0.2) is 28.7 Å². The maximum absolute atomic E-state index is 11.8. The molecule has 1 aromatic carbocycles. The van der Waals surface area contributed by atoms with E-state index in [0.29, 0.717) is 18.6 Å². The lowest BCUT2D eigenvalue weighted by Crippen LogP contribution is -2.44. The topological polar surface area (TPSA) is 87.7 Å². The van der Waals surface area contributed by atoms with Crippen LogP contribution in [0.25, 0.3) is 0 Å². The van der Waals surface area contributed by atoms with Gasteiger partial charge in [0.2, 0.25) is 5.91 Å². The van der Waals surface area contributed by atoms with E-state index in [4.69, 9.17) is 9.84 Å². The smallest absolute Gasteiger partial charge is 0.251 e. The summed E-state index contributed by atoms with van der Waals surface area (Å²) in [7, 11) is 1.52. The summed E-state index contributed by atoms with van der Waals surface area (Å²) in [6, 6.07) is 6.57. The summed E-state index contributed by atoms with van der Waals surface area (Å²) in [6.45, 7) is 0.146. The molecule has 21 heavy (non-hydrogen) atoms. The van der Waals surface area contributed by atoms with Gasteiger partial charge in [-0.2, -0.15) is 0 Å². The van der Waals surface area contributed by atoms with Gasteiger partial charge in [0.1, 0.15) is 0 Å². The number of amides is 2. The largest absolute Gasteiger partial charge is 0.396 e. The van der Waals surface area contributed by atoms with E-state index in [1.807, 2.05) is 0 Å². The zero-order valence-corrected chi connectivity index (χ0v) is 13.4. The molecule has 1 unspecified atom stereocenters. The highest BCUT2D eigenvalue weighted by Gasteiger charge is 2.13. The third-order valence-corrected chi connectivity index (χ3v) is 3.26. The zero-order valence-electron chi connectivity index (χ0n) is 11.8. The maximum atomic E-state index is 11.8. The first-order valence-corrected chi connectivity index (χ1v) is 7.29. The Balaban J connectivity index is 2.41. The van der Waals surface area contributed by atoms with Crippen molar-refractivity contribution in [2.75, 3.05) is 26.9 Å². The third kappa shape index (κ3) is 6.70. The van der Waals surface area contributed by atoms with Gasteiger partial charge in [0, 0.05) is 23.8 Å². The van der Waals surface area contributed by atoms with Gasteiger partial charge in [-0.15, -0.1) is 0 Å². The molecular weight excluding hydrogens is 340 g/mol. The summed E-state index contributed by atoms with van der Waals surface area (Å²) in [5.74, 6) is -0.640. The highest BCUT2D eigenvalue weighted by molar-refractivity contribution is 9.10. The molecule has 0 fully saturated rings. The summed E-state index contributed by atoms with van der Waals surface area (Å²) in [5.41, 5.74) is 0.481. The van der Waals surface area contributed by atoms with Gasteiger partial charge < -0.3 is 20.5 Å². The van der Waals surface area contributed by atoms with Crippen LogP contribution in [0.5, 0.6) is 0 Å². The quantitative estimate of drug-likeness (QED) is 0.638. The van der Waals surface area contributed by atoms with Crippen molar-refractivity contribution in [3.63, 3.8) is 0 Å². The van der Waals surface area contributed by atoms with Crippen LogP contribution in [-0.2, 0) is 9.53 Å². The van der Waals surface area contributed by atoms with Crippen LogP contribution in [0, 0.1) is 0 Å². The Morgan fingerprint density at radius 1 is 1.33 bits per heavy atom. The van der Waals surface area contributed by atoms with E-state index < -0.39 is 0 Å². The summed E-state index contributed by atoms with van der Waals surface area (Å²) < 4.78 is 5.82. The number of benzene rings is 1. The number of rotatable bonds is 8. The highest BCUT2D eigenvalue weighted by atomic mass is 79.9. The van der Waals surface area contributed by atoms with Crippen molar-refractivity contribution in [1.82, 2.24) is 10.6 Å². The molecule has 1 aromatic rings. The molecule has 7 heteroatoms. The molecule has 0 aromatic heterocycles. The predicted molar refractivity (Wildman–Crippen MR) is 82.0 cm³/mol. The van der Waals surface area contributed by atoms with Crippen molar-refractivity contribution in [2.45, 2.75) is 12.5 Å². The first-order chi connectivity index (χ1) is 10.1. The number of hydrogen-bond acceptors (Lipinski definition) is 4. The van der Waals surface area contributed by atoms with E-state index in [1.54, 1.807) is 24.3 Å². The number of methoxy groups -OCH3 is 1. The van der Waals surface area contributed by atoms with Gasteiger partial charge in [-0.1, -0.05) is 15.9 Å². The molecule has 1 rings (SSSR count). The molecule has 0 aliphatic carbocycles.